The molecule has 0 amide bonds. The Balaban J connectivity index is 1.24. The summed E-state index contributed by atoms with van der Waals surface area (Å²) in [5.74, 6) is 0.866. The third kappa shape index (κ3) is 5.44. The van der Waals surface area contributed by atoms with E-state index >= 15 is 0 Å². The van der Waals surface area contributed by atoms with E-state index in [4.69, 9.17) is 19.3 Å². The number of hydrogen-bond acceptors (Lipinski definition) is 5. The van der Waals surface area contributed by atoms with Crippen LogP contribution in [0, 0.1) is 19.8 Å². The number of benzene rings is 2. The molecule has 0 saturated carbocycles. The van der Waals surface area contributed by atoms with Gasteiger partial charge in [0.25, 0.3) is 0 Å². The summed E-state index contributed by atoms with van der Waals surface area (Å²) in [5, 5.41) is 12.4. The van der Waals surface area contributed by atoms with E-state index in [0.29, 0.717) is 13.2 Å². The Kier molecular flexibility index (Phi) is 6.93. The highest BCUT2D eigenvalue weighted by Crippen LogP contribution is 2.36. The van der Waals surface area contributed by atoms with Crippen LogP contribution >= 0.6 is 0 Å². The molecule has 3 unspecified atom stereocenters. The maximum absolute atomic E-state index is 11.1. The molecule has 2 N–H and O–H groups in total. The number of carboxylic acid groups (broad SMARTS) is 1. The lowest BCUT2D eigenvalue weighted by atomic mass is 9.92. The highest BCUT2D eigenvalue weighted by atomic mass is 16.5. The van der Waals surface area contributed by atoms with E-state index in [1.54, 1.807) is 0 Å². The van der Waals surface area contributed by atoms with Crippen molar-refractivity contribution in [3.8, 4) is 16.9 Å². The fourth-order valence-corrected chi connectivity index (χ4v) is 5.34. The summed E-state index contributed by atoms with van der Waals surface area (Å²) in [6.07, 6.45) is 6.12. The molecule has 6 heteroatoms. The summed E-state index contributed by atoms with van der Waals surface area (Å²) in [7, 11) is 0. The molecule has 2 aromatic carbocycles. The maximum atomic E-state index is 11.1. The van der Waals surface area contributed by atoms with Crippen LogP contribution in [-0.4, -0.2) is 43.0 Å². The molecule has 0 spiro atoms. The van der Waals surface area contributed by atoms with Crippen molar-refractivity contribution >= 4 is 5.97 Å². The zero-order valence-corrected chi connectivity index (χ0v) is 20.4. The van der Waals surface area contributed by atoms with Crippen LogP contribution in [0.3, 0.4) is 0 Å². The molecule has 3 atom stereocenters. The number of rotatable bonds is 8. The zero-order valence-electron chi connectivity index (χ0n) is 20.4. The minimum absolute atomic E-state index is 0.0607. The Bertz CT molecular complexity index is 1140. The molecule has 2 fully saturated rings. The number of ether oxygens (including phenoxy) is 3. The molecule has 0 radical (unpaired) electrons. The predicted molar refractivity (Wildman–Crippen MR) is 134 cm³/mol. The van der Waals surface area contributed by atoms with Gasteiger partial charge in [0.2, 0.25) is 0 Å². The first-order valence-electron chi connectivity index (χ1n) is 12.4. The van der Waals surface area contributed by atoms with Crippen LogP contribution in [0.2, 0.25) is 0 Å². The van der Waals surface area contributed by atoms with Gasteiger partial charge in [-0.1, -0.05) is 24.3 Å². The average molecular weight is 476 g/mol. The van der Waals surface area contributed by atoms with Crippen LogP contribution in [0.15, 0.2) is 59.9 Å². The van der Waals surface area contributed by atoms with E-state index in [0.717, 1.165) is 48.6 Å². The minimum Gasteiger partial charge on any atom is -0.493 e. The van der Waals surface area contributed by atoms with Gasteiger partial charge in [0.1, 0.15) is 17.6 Å². The second kappa shape index (κ2) is 10.3. The summed E-state index contributed by atoms with van der Waals surface area (Å²) in [6, 6.07) is 12.8. The number of aryl methyl sites for hydroxylation is 2. The Morgan fingerprint density at radius 3 is 2.77 bits per heavy atom. The number of nitrogens with one attached hydrogen (secondary N) is 1. The van der Waals surface area contributed by atoms with Crippen molar-refractivity contribution in [1.82, 2.24) is 5.32 Å². The van der Waals surface area contributed by atoms with Gasteiger partial charge in [0.05, 0.1) is 25.7 Å². The van der Waals surface area contributed by atoms with E-state index in [9.17, 15) is 4.79 Å². The van der Waals surface area contributed by atoms with Gasteiger partial charge in [-0.25, -0.2) is 0 Å². The average Bonchev–Trinajstić information content (AvgIpc) is 3.47. The summed E-state index contributed by atoms with van der Waals surface area (Å²) in [6.45, 7) is 7.14. The molecule has 1 aliphatic carbocycles. The predicted octanol–water partition coefficient (Wildman–Crippen LogP) is 4.93. The largest absolute Gasteiger partial charge is 0.493 e. The Hall–Kier alpha value is -3.09. The molecule has 35 heavy (non-hydrogen) atoms. The van der Waals surface area contributed by atoms with E-state index in [2.05, 4.69) is 61.6 Å². The molecule has 2 heterocycles. The SMILES string of the molecule is Cc1cc(OC2CCNC2)cc(C)c1-c1cccc(COC2C=C3OCC(CC(=O)O)C3=CC2)c1. The molecule has 6 nitrogen and oxygen atoms in total. The second-order valence-corrected chi connectivity index (χ2v) is 9.75. The van der Waals surface area contributed by atoms with E-state index in [-0.39, 0.29) is 24.5 Å². The molecular weight excluding hydrogens is 442 g/mol. The Labute approximate surface area is 206 Å². The number of allylic oxidation sites excluding steroid dienone is 1. The highest BCUT2D eigenvalue weighted by Gasteiger charge is 2.32. The Morgan fingerprint density at radius 2 is 2.03 bits per heavy atom. The third-order valence-corrected chi connectivity index (χ3v) is 7.00. The van der Waals surface area contributed by atoms with Gasteiger partial charge < -0.3 is 24.6 Å². The number of carbonyl (C=O) groups is 1. The number of hydrogen-bond donors (Lipinski definition) is 2. The van der Waals surface area contributed by atoms with Crippen molar-refractivity contribution in [3.05, 3.63) is 76.6 Å². The molecule has 0 bridgehead atoms. The fraction of sp³-hybridized carbons (Fsp3) is 0.414. The molecular formula is C29H33NO5. The summed E-state index contributed by atoms with van der Waals surface area (Å²) in [4.78, 5) is 11.1. The first kappa shape index (κ1) is 23.6. The summed E-state index contributed by atoms with van der Waals surface area (Å²) in [5.41, 5.74) is 6.94. The summed E-state index contributed by atoms with van der Waals surface area (Å²) >= 11 is 0. The lowest BCUT2D eigenvalue weighted by Crippen LogP contribution is -2.19. The summed E-state index contributed by atoms with van der Waals surface area (Å²) < 4.78 is 18.1. The number of aliphatic carboxylic acids is 1. The van der Waals surface area contributed by atoms with E-state index < -0.39 is 5.97 Å². The molecule has 0 aromatic heterocycles. The maximum Gasteiger partial charge on any atom is 0.304 e. The van der Waals surface area contributed by atoms with E-state index in [1.807, 2.05) is 6.08 Å². The normalized spacial score (nSPS) is 23.3. The minimum atomic E-state index is -0.794. The van der Waals surface area contributed by atoms with Crippen LogP contribution in [0.1, 0.15) is 36.0 Å². The zero-order chi connectivity index (χ0) is 24.4. The van der Waals surface area contributed by atoms with Gasteiger partial charge in [-0.15, -0.1) is 0 Å². The molecule has 2 aliphatic heterocycles. The van der Waals surface area contributed by atoms with Crippen molar-refractivity contribution in [1.29, 1.82) is 0 Å². The van der Waals surface area contributed by atoms with Crippen LogP contribution < -0.4 is 10.1 Å². The van der Waals surface area contributed by atoms with Gasteiger partial charge in [-0.3, -0.25) is 4.79 Å². The molecule has 2 aromatic rings. The van der Waals surface area contributed by atoms with Crippen LogP contribution in [0.5, 0.6) is 5.75 Å². The molecule has 2 saturated heterocycles. The topological polar surface area (TPSA) is 77.0 Å². The quantitative estimate of drug-likeness (QED) is 0.564. The van der Waals surface area contributed by atoms with Gasteiger partial charge in [-0.2, -0.15) is 0 Å². The lowest BCUT2D eigenvalue weighted by Gasteiger charge is -2.19. The van der Waals surface area contributed by atoms with Crippen molar-refractivity contribution in [2.24, 2.45) is 5.92 Å². The van der Waals surface area contributed by atoms with Gasteiger partial charge >= 0.3 is 5.97 Å². The number of fused-ring (bicyclic) bond motifs is 1. The third-order valence-electron chi connectivity index (χ3n) is 7.00. The smallest absolute Gasteiger partial charge is 0.304 e. The Morgan fingerprint density at radius 1 is 1.20 bits per heavy atom. The standard InChI is InChI=1S/C29H33NO5/c1-18-10-25(35-24-8-9-30-15-24)11-19(2)29(18)21-5-3-4-20(12-21)16-33-23-6-7-26-22(13-28(31)32)17-34-27(26)14-23/h3-5,7,10-12,14,22-24,30H,6,8-9,13,15-17H2,1-2H3,(H,31,32). The van der Waals surface area contributed by atoms with Crippen molar-refractivity contribution in [2.45, 2.75) is 51.9 Å². The molecule has 3 aliphatic rings. The van der Waals surface area contributed by atoms with E-state index in [1.165, 1.54) is 22.3 Å². The van der Waals surface area contributed by atoms with Gasteiger partial charge in [-0.05, 0) is 90.9 Å². The van der Waals surface area contributed by atoms with Crippen LogP contribution in [0.4, 0.5) is 0 Å². The first-order chi connectivity index (χ1) is 17.0. The fourth-order valence-electron chi connectivity index (χ4n) is 5.34. The van der Waals surface area contributed by atoms with Crippen LogP contribution in [-0.2, 0) is 20.9 Å². The van der Waals surface area contributed by atoms with Crippen LogP contribution in [0.25, 0.3) is 11.1 Å². The van der Waals surface area contributed by atoms with Gasteiger partial charge in [0, 0.05) is 12.5 Å². The van der Waals surface area contributed by atoms with Crippen molar-refractivity contribution in [3.63, 3.8) is 0 Å². The lowest BCUT2D eigenvalue weighted by molar-refractivity contribution is -0.137. The molecule has 184 valence electrons. The second-order valence-electron chi connectivity index (χ2n) is 9.75. The van der Waals surface area contributed by atoms with Crippen molar-refractivity contribution in [2.75, 3.05) is 19.7 Å². The van der Waals surface area contributed by atoms with Gasteiger partial charge in [0.15, 0.2) is 0 Å². The molecule has 5 rings (SSSR count). The first-order valence-corrected chi connectivity index (χ1v) is 12.4. The highest BCUT2D eigenvalue weighted by molar-refractivity contribution is 5.72. The monoisotopic (exact) mass is 475 g/mol. The number of carboxylic acids is 1. The van der Waals surface area contributed by atoms with Crippen molar-refractivity contribution < 1.29 is 24.1 Å².